The fourth-order valence-electron chi connectivity index (χ4n) is 0.711. The van der Waals surface area contributed by atoms with Gasteiger partial charge in [-0.15, -0.1) is 13.2 Å². The molecule has 0 saturated heterocycles. The normalized spacial score (nSPS) is 24.7. The van der Waals surface area contributed by atoms with E-state index in [4.69, 9.17) is 0 Å². The Morgan fingerprint density at radius 3 is 2.55 bits per heavy atom. The summed E-state index contributed by atoms with van der Waals surface area (Å²) < 4.78 is 35.5. The molecule has 1 atom stereocenters. The molecule has 0 aliphatic carbocycles. The molecule has 1 aliphatic rings. The molecule has 62 valence electrons. The number of nitrogens with zero attached hydrogens (tertiary/aromatic N) is 2. The average Bonchev–Trinajstić information content (AvgIpc) is 2.32. The second kappa shape index (κ2) is 2.71. The molecule has 0 spiro atoms. The molecule has 0 bridgehead atoms. The number of hydrogen-bond acceptors (Lipinski definition) is 2. The number of hydrazone groups is 1. The van der Waals surface area contributed by atoms with E-state index in [0.29, 0.717) is 6.42 Å². The molecule has 2 nitrogen and oxygen atoms in total. The zero-order chi connectivity index (χ0) is 8.48. The van der Waals surface area contributed by atoms with Crippen LogP contribution in [0.15, 0.2) is 5.10 Å². The fourth-order valence-corrected chi connectivity index (χ4v) is 0.711. The highest BCUT2D eigenvalue weighted by atomic mass is 19.4. The molecule has 0 amide bonds. The van der Waals surface area contributed by atoms with E-state index < -0.39 is 6.30 Å². The van der Waals surface area contributed by atoms with Crippen molar-refractivity contribution in [3.05, 3.63) is 6.54 Å². The lowest BCUT2D eigenvalue weighted by Gasteiger charge is -2.16. The van der Waals surface area contributed by atoms with Crippen molar-refractivity contribution in [3.63, 3.8) is 0 Å². The second-order valence-corrected chi connectivity index (χ2v) is 2.21. The van der Waals surface area contributed by atoms with Crippen LogP contribution in [-0.2, 0) is 0 Å². The van der Waals surface area contributed by atoms with E-state index in [1.54, 1.807) is 6.92 Å². The lowest BCUT2D eigenvalue weighted by atomic mass is 10.1. The van der Waals surface area contributed by atoms with Crippen molar-refractivity contribution in [1.29, 1.82) is 0 Å². The Morgan fingerprint density at radius 2 is 2.27 bits per heavy atom. The van der Waals surface area contributed by atoms with Crippen LogP contribution in [0.4, 0.5) is 13.2 Å². The Labute approximate surface area is 62.7 Å². The molecule has 1 heterocycles. The van der Waals surface area contributed by atoms with Crippen molar-refractivity contribution in [2.75, 3.05) is 0 Å². The van der Waals surface area contributed by atoms with E-state index in [1.165, 1.54) is 0 Å². The Balaban J connectivity index is 2.50. The van der Waals surface area contributed by atoms with Crippen LogP contribution in [0.3, 0.4) is 0 Å². The molecular formula is C6H7F3N2. The van der Waals surface area contributed by atoms with Gasteiger partial charge in [0.2, 0.25) is 0 Å². The van der Waals surface area contributed by atoms with Gasteiger partial charge in [0.25, 0.3) is 0 Å². The zero-order valence-corrected chi connectivity index (χ0v) is 5.89. The Kier molecular flexibility index (Phi) is 2.06. The van der Waals surface area contributed by atoms with Gasteiger partial charge in [-0.3, -0.25) is 0 Å². The molecule has 11 heavy (non-hydrogen) atoms. The van der Waals surface area contributed by atoms with Gasteiger partial charge >= 0.3 is 6.30 Å². The van der Waals surface area contributed by atoms with Gasteiger partial charge in [0, 0.05) is 5.92 Å². The SMILES string of the molecule is CCC1[C]=NN(C(F)(F)F)[CH]1. The van der Waals surface area contributed by atoms with E-state index in [9.17, 15) is 13.2 Å². The van der Waals surface area contributed by atoms with Crippen LogP contribution in [-0.4, -0.2) is 17.5 Å². The van der Waals surface area contributed by atoms with Crippen LogP contribution in [0.25, 0.3) is 0 Å². The van der Waals surface area contributed by atoms with Gasteiger partial charge < -0.3 is 0 Å². The summed E-state index contributed by atoms with van der Waals surface area (Å²) >= 11 is 0. The molecule has 0 fully saturated rings. The summed E-state index contributed by atoms with van der Waals surface area (Å²) in [5, 5.41) is 3.05. The van der Waals surface area contributed by atoms with Gasteiger partial charge in [0.15, 0.2) is 0 Å². The topological polar surface area (TPSA) is 15.6 Å². The van der Waals surface area contributed by atoms with Crippen LogP contribution in [0.5, 0.6) is 0 Å². The average molecular weight is 164 g/mol. The van der Waals surface area contributed by atoms with Gasteiger partial charge in [0.05, 0.1) is 12.8 Å². The summed E-state index contributed by atoms with van der Waals surface area (Å²) in [6.45, 7) is 2.80. The Bertz CT molecular complexity index is 164. The van der Waals surface area contributed by atoms with Crippen LogP contribution in [0, 0.1) is 12.5 Å². The molecular weight excluding hydrogens is 157 g/mol. The maximum atomic E-state index is 11.8. The lowest BCUT2D eigenvalue weighted by molar-refractivity contribution is -0.233. The molecule has 1 unspecified atom stereocenters. The molecule has 5 heteroatoms. The smallest absolute Gasteiger partial charge is 0.198 e. The summed E-state index contributed by atoms with van der Waals surface area (Å²) in [5.41, 5.74) is 0. The quantitative estimate of drug-likeness (QED) is 0.540. The third kappa shape index (κ3) is 1.85. The van der Waals surface area contributed by atoms with Crippen LogP contribution in [0.1, 0.15) is 13.3 Å². The first-order valence-corrected chi connectivity index (χ1v) is 3.21. The van der Waals surface area contributed by atoms with Crippen molar-refractivity contribution in [3.8, 4) is 0 Å². The van der Waals surface area contributed by atoms with Gasteiger partial charge in [-0.25, -0.2) is 0 Å². The molecule has 1 aliphatic heterocycles. The molecule has 0 saturated carbocycles. The third-order valence-corrected chi connectivity index (χ3v) is 1.35. The standard InChI is InChI=1S/C6H7F3N2/c1-2-5-3-10-11(4-5)6(7,8)9/h4-5H,2H2,1H3. The van der Waals surface area contributed by atoms with E-state index in [2.05, 4.69) is 11.3 Å². The predicted octanol–water partition coefficient (Wildman–Crippen LogP) is 1.87. The number of rotatable bonds is 1. The molecule has 0 aromatic rings. The van der Waals surface area contributed by atoms with Gasteiger partial charge in [0.1, 0.15) is 0 Å². The van der Waals surface area contributed by atoms with Crippen molar-refractivity contribution < 1.29 is 13.2 Å². The highest BCUT2D eigenvalue weighted by Gasteiger charge is 2.40. The van der Waals surface area contributed by atoms with Crippen molar-refractivity contribution in [1.82, 2.24) is 5.01 Å². The summed E-state index contributed by atoms with van der Waals surface area (Å²) in [4.78, 5) is 0. The predicted molar refractivity (Wildman–Crippen MR) is 33.4 cm³/mol. The largest absolute Gasteiger partial charge is 0.500 e. The molecule has 1 rings (SSSR count). The third-order valence-electron chi connectivity index (χ3n) is 1.35. The molecule has 0 aromatic heterocycles. The monoisotopic (exact) mass is 164 g/mol. The van der Waals surface area contributed by atoms with Gasteiger partial charge in [-0.2, -0.15) is 10.1 Å². The number of alkyl halides is 3. The van der Waals surface area contributed by atoms with Crippen LogP contribution >= 0.6 is 0 Å². The molecule has 2 radical (unpaired) electrons. The van der Waals surface area contributed by atoms with Crippen LogP contribution in [0.2, 0.25) is 0 Å². The highest BCUT2D eigenvalue weighted by molar-refractivity contribution is 5.64. The van der Waals surface area contributed by atoms with Crippen molar-refractivity contribution in [2.24, 2.45) is 11.0 Å². The maximum absolute atomic E-state index is 11.8. The minimum atomic E-state index is -4.39. The summed E-state index contributed by atoms with van der Waals surface area (Å²) in [6.07, 6.45) is -1.46. The lowest BCUT2D eigenvalue weighted by Crippen LogP contribution is -2.29. The van der Waals surface area contributed by atoms with Gasteiger partial charge in [-0.05, 0) is 6.42 Å². The maximum Gasteiger partial charge on any atom is 0.500 e. The van der Waals surface area contributed by atoms with Gasteiger partial charge in [-0.1, -0.05) is 6.92 Å². The zero-order valence-electron chi connectivity index (χ0n) is 5.89. The van der Waals surface area contributed by atoms with E-state index in [-0.39, 0.29) is 10.9 Å². The first-order valence-electron chi connectivity index (χ1n) is 3.21. The van der Waals surface area contributed by atoms with Crippen molar-refractivity contribution in [2.45, 2.75) is 19.6 Å². The highest BCUT2D eigenvalue weighted by Crippen LogP contribution is 2.28. The first kappa shape index (κ1) is 8.36. The summed E-state index contributed by atoms with van der Waals surface area (Å²) in [7, 11) is 0. The second-order valence-electron chi connectivity index (χ2n) is 2.21. The van der Waals surface area contributed by atoms with E-state index in [0.717, 1.165) is 6.54 Å². The number of halogens is 3. The fraction of sp³-hybridized carbons (Fsp3) is 0.667. The first-order chi connectivity index (χ1) is 5.04. The molecule has 0 aromatic carbocycles. The Hall–Kier alpha value is -0.740. The Morgan fingerprint density at radius 1 is 1.64 bits per heavy atom. The summed E-state index contributed by atoms with van der Waals surface area (Å²) in [5.74, 6) is -0.295. The molecule has 0 N–H and O–H groups in total. The minimum Gasteiger partial charge on any atom is -0.198 e. The van der Waals surface area contributed by atoms with Crippen LogP contribution < -0.4 is 0 Å². The van der Waals surface area contributed by atoms with E-state index in [1.807, 2.05) is 0 Å². The number of hydrogen-bond donors (Lipinski definition) is 0. The summed E-state index contributed by atoms with van der Waals surface area (Å²) in [6, 6.07) is 0. The van der Waals surface area contributed by atoms with Crippen molar-refractivity contribution >= 4 is 6.21 Å². The minimum absolute atomic E-state index is 0.0127. The van der Waals surface area contributed by atoms with E-state index >= 15 is 0 Å².